The van der Waals surface area contributed by atoms with Gasteiger partial charge in [0.25, 0.3) is 0 Å². The summed E-state index contributed by atoms with van der Waals surface area (Å²) in [6, 6.07) is 6.67. The number of hydrogen-bond donors (Lipinski definition) is 1. The zero-order valence-corrected chi connectivity index (χ0v) is 8.32. The van der Waals surface area contributed by atoms with Gasteiger partial charge in [-0.25, -0.2) is 9.38 Å². The Labute approximate surface area is 87.8 Å². The van der Waals surface area contributed by atoms with Crippen LogP contribution in [-0.2, 0) is 11.2 Å². The molecule has 1 aromatic carbocycles. The van der Waals surface area contributed by atoms with Crippen LogP contribution in [0.1, 0.15) is 5.56 Å². The molecule has 1 aliphatic rings. The summed E-state index contributed by atoms with van der Waals surface area (Å²) in [5.74, 6) is 0.357. The minimum absolute atomic E-state index is 0.0340. The van der Waals surface area contributed by atoms with Crippen molar-refractivity contribution in [1.82, 2.24) is 0 Å². The lowest BCUT2D eigenvalue weighted by molar-refractivity contribution is 0.313. The summed E-state index contributed by atoms with van der Waals surface area (Å²) in [7, 11) is 0. The SMILES string of the molecule is NCC1COC(Cc2ccccc2F)=N1. The average molecular weight is 208 g/mol. The first-order chi connectivity index (χ1) is 7.29. The molecule has 0 radical (unpaired) electrons. The summed E-state index contributed by atoms with van der Waals surface area (Å²) in [6.45, 7) is 0.987. The predicted molar refractivity (Wildman–Crippen MR) is 56.3 cm³/mol. The van der Waals surface area contributed by atoms with Crippen molar-refractivity contribution in [1.29, 1.82) is 0 Å². The molecule has 0 amide bonds. The van der Waals surface area contributed by atoms with Crippen molar-refractivity contribution in [3.05, 3.63) is 35.6 Å². The smallest absolute Gasteiger partial charge is 0.188 e. The van der Waals surface area contributed by atoms with Gasteiger partial charge in [-0.15, -0.1) is 0 Å². The van der Waals surface area contributed by atoms with Crippen LogP contribution in [0.3, 0.4) is 0 Å². The van der Waals surface area contributed by atoms with E-state index in [0.717, 1.165) is 0 Å². The Bertz CT molecular complexity index is 379. The number of aliphatic imine (C=N–C) groups is 1. The van der Waals surface area contributed by atoms with Gasteiger partial charge in [0.2, 0.25) is 0 Å². The molecule has 1 atom stereocenters. The molecule has 0 spiro atoms. The summed E-state index contributed by atoms with van der Waals surface area (Å²) in [5.41, 5.74) is 6.06. The largest absolute Gasteiger partial charge is 0.478 e. The molecule has 0 bridgehead atoms. The van der Waals surface area contributed by atoms with Gasteiger partial charge in [-0.3, -0.25) is 0 Å². The molecular formula is C11H13FN2O. The molecule has 80 valence electrons. The van der Waals surface area contributed by atoms with E-state index in [1.807, 2.05) is 0 Å². The predicted octanol–water partition coefficient (Wildman–Crippen LogP) is 1.12. The van der Waals surface area contributed by atoms with E-state index in [9.17, 15) is 4.39 Å². The van der Waals surface area contributed by atoms with Crippen LogP contribution >= 0.6 is 0 Å². The molecule has 2 N–H and O–H groups in total. The second-order valence-electron chi connectivity index (χ2n) is 3.49. The molecule has 1 heterocycles. The van der Waals surface area contributed by atoms with E-state index >= 15 is 0 Å². The quantitative estimate of drug-likeness (QED) is 0.809. The van der Waals surface area contributed by atoms with Gasteiger partial charge in [-0.1, -0.05) is 18.2 Å². The number of nitrogens with zero attached hydrogens (tertiary/aromatic N) is 1. The Balaban J connectivity index is 2.07. The second-order valence-corrected chi connectivity index (χ2v) is 3.49. The van der Waals surface area contributed by atoms with Gasteiger partial charge >= 0.3 is 0 Å². The van der Waals surface area contributed by atoms with E-state index in [1.165, 1.54) is 6.07 Å². The lowest BCUT2D eigenvalue weighted by Gasteiger charge is -2.02. The zero-order valence-electron chi connectivity index (χ0n) is 8.32. The van der Waals surface area contributed by atoms with Crippen molar-refractivity contribution in [2.75, 3.05) is 13.2 Å². The standard InChI is InChI=1S/C11H13FN2O/c12-10-4-2-1-3-8(10)5-11-14-9(6-13)7-15-11/h1-4,9H,5-7,13H2. The average Bonchev–Trinajstić information content (AvgIpc) is 2.69. The molecule has 3 nitrogen and oxygen atoms in total. The highest BCUT2D eigenvalue weighted by Crippen LogP contribution is 2.12. The van der Waals surface area contributed by atoms with E-state index < -0.39 is 0 Å². The molecule has 0 aromatic heterocycles. The van der Waals surface area contributed by atoms with Crippen LogP contribution in [-0.4, -0.2) is 25.1 Å². The third kappa shape index (κ3) is 2.33. The molecule has 1 aromatic rings. The third-order valence-electron chi connectivity index (χ3n) is 2.34. The number of rotatable bonds is 3. The van der Waals surface area contributed by atoms with E-state index in [4.69, 9.17) is 10.5 Å². The Kier molecular flexibility index (Phi) is 2.97. The molecule has 4 heteroatoms. The van der Waals surface area contributed by atoms with Crippen molar-refractivity contribution in [2.45, 2.75) is 12.5 Å². The zero-order chi connectivity index (χ0) is 10.7. The maximum atomic E-state index is 13.3. The van der Waals surface area contributed by atoms with E-state index in [-0.39, 0.29) is 11.9 Å². The topological polar surface area (TPSA) is 47.6 Å². The Morgan fingerprint density at radius 3 is 2.93 bits per heavy atom. The van der Waals surface area contributed by atoms with E-state index in [0.29, 0.717) is 31.0 Å². The maximum absolute atomic E-state index is 13.3. The van der Waals surface area contributed by atoms with Gasteiger partial charge in [0.15, 0.2) is 5.90 Å². The molecular weight excluding hydrogens is 195 g/mol. The monoisotopic (exact) mass is 208 g/mol. The molecule has 0 saturated heterocycles. The van der Waals surface area contributed by atoms with Crippen molar-refractivity contribution in [3.8, 4) is 0 Å². The molecule has 1 unspecified atom stereocenters. The second kappa shape index (κ2) is 4.40. The summed E-state index contributed by atoms with van der Waals surface area (Å²) in [6.07, 6.45) is 0.406. The summed E-state index contributed by atoms with van der Waals surface area (Å²) in [4.78, 5) is 4.25. The van der Waals surface area contributed by atoms with Crippen molar-refractivity contribution < 1.29 is 9.13 Å². The Morgan fingerprint density at radius 2 is 2.27 bits per heavy atom. The Hall–Kier alpha value is -1.42. The van der Waals surface area contributed by atoms with Crippen LogP contribution < -0.4 is 5.73 Å². The fraction of sp³-hybridized carbons (Fsp3) is 0.364. The first kappa shape index (κ1) is 10.1. The van der Waals surface area contributed by atoms with Crippen LogP contribution in [0.4, 0.5) is 4.39 Å². The summed E-state index contributed by atoms with van der Waals surface area (Å²) in [5, 5.41) is 0. The highest BCUT2D eigenvalue weighted by molar-refractivity contribution is 5.80. The van der Waals surface area contributed by atoms with Gasteiger partial charge in [-0.05, 0) is 11.6 Å². The minimum Gasteiger partial charge on any atom is -0.478 e. The van der Waals surface area contributed by atoms with Gasteiger partial charge in [0.05, 0.1) is 12.5 Å². The maximum Gasteiger partial charge on any atom is 0.188 e. The van der Waals surface area contributed by atoms with Crippen LogP contribution in [0.25, 0.3) is 0 Å². The Morgan fingerprint density at radius 1 is 1.47 bits per heavy atom. The normalized spacial score (nSPS) is 19.9. The lowest BCUT2D eigenvalue weighted by Crippen LogP contribution is -2.18. The summed E-state index contributed by atoms with van der Waals surface area (Å²) < 4.78 is 18.6. The number of nitrogens with two attached hydrogens (primary N) is 1. The van der Waals surface area contributed by atoms with Crippen molar-refractivity contribution in [3.63, 3.8) is 0 Å². The van der Waals surface area contributed by atoms with Crippen LogP contribution in [0.15, 0.2) is 29.3 Å². The molecule has 1 aliphatic heterocycles. The molecule has 0 aliphatic carbocycles. The fourth-order valence-electron chi connectivity index (χ4n) is 1.49. The molecule has 15 heavy (non-hydrogen) atoms. The fourth-order valence-corrected chi connectivity index (χ4v) is 1.49. The number of benzene rings is 1. The first-order valence-electron chi connectivity index (χ1n) is 4.92. The first-order valence-corrected chi connectivity index (χ1v) is 4.92. The van der Waals surface area contributed by atoms with Gasteiger partial charge in [0, 0.05) is 6.54 Å². The summed E-state index contributed by atoms with van der Waals surface area (Å²) >= 11 is 0. The van der Waals surface area contributed by atoms with Crippen LogP contribution in [0.5, 0.6) is 0 Å². The van der Waals surface area contributed by atoms with Gasteiger partial charge in [-0.2, -0.15) is 0 Å². The van der Waals surface area contributed by atoms with E-state index in [1.54, 1.807) is 18.2 Å². The third-order valence-corrected chi connectivity index (χ3v) is 2.34. The van der Waals surface area contributed by atoms with Gasteiger partial charge < -0.3 is 10.5 Å². The minimum atomic E-state index is -0.222. The van der Waals surface area contributed by atoms with E-state index in [2.05, 4.69) is 4.99 Å². The number of ether oxygens (including phenoxy) is 1. The lowest BCUT2D eigenvalue weighted by atomic mass is 10.1. The van der Waals surface area contributed by atoms with Crippen LogP contribution in [0.2, 0.25) is 0 Å². The molecule has 0 saturated carbocycles. The number of halogens is 1. The highest BCUT2D eigenvalue weighted by atomic mass is 19.1. The molecule has 0 fully saturated rings. The van der Waals surface area contributed by atoms with Gasteiger partial charge in [0.1, 0.15) is 12.4 Å². The van der Waals surface area contributed by atoms with Crippen molar-refractivity contribution in [2.24, 2.45) is 10.7 Å². The highest BCUT2D eigenvalue weighted by Gasteiger charge is 2.18. The molecule has 2 rings (SSSR count). The van der Waals surface area contributed by atoms with Crippen LogP contribution in [0, 0.1) is 5.82 Å². The van der Waals surface area contributed by atoms with Crippen molar-refractivity contribution >= 4 is 5.90 Å². The number of hydrogen-bond acceptors (Lipinski definition) is 3.